The average molecular weight is 334 g/mol. The number of hydrogen-bond donors (Lipinski definition) is 2. The molecule has 1 aromatic carbocycles. The van der Waals surface area contributed by atoms with Gasteiger partial charge < -0.3 is 10.6 Å². The van der Waals surface area contributed by atoms with Crippen molar-refractivity contribution >= 4 is 33.3 Å². The summed E-state index contributed by atoms with van der Waals surface area (Å²) >= 11 is 3.34. The number of nitrogens with one attached hydrogen (secondary N) is 2. The minimum absolute atomic E-state index is 0.145. The molecule has 0 saturated carbocycles. The number of aromatic nitrogens is 1. The molecule has 0 radical (unpaired) electrons. The van der Waals surface area contributed by atoms with Crippen LogP contribution >= 0.6 is 15.9 Å². The SMILES string of the molecule is CCCNc1ccc(NC(=O)c2ccc(Br)cc2)cn1. The van der Waals surface area contributed by atoms with Gasteiger partial charge in [-0.2, -0.15) is 0 Å². The van der Waals surface area contributed by atoms with Gasteiger partial charge in [0.15, 0.2) is 0 Å². The van der Waals surface area contributed by atoms with Crippen LogP contribution < -0.4 is 10.6 Å². The molecule has 2 rings (SSSR count). The van der Waals surface area contributed by atoms with Crippen molar-refractivity contribution in [2.45, 2.75) is 13.3 Å². The Morgan fingerprint density at radius 3 is 2.55 bits per heavy atom. The standard InChI is InChI=1S/C15H16BrN3O/c1-2-9-17-14-8-7-13(10-18-14)19-15(20)11-3-5-12(16)6-4-11/h3-8,10H,2,9H2,1H3,(H,17,18)(H,19,20). The predicted octanol–water partition coefficient (Wildman–Crippen LogP) is 3.92. The van der Waals surface area contributed by atoms with E-state index in [2.05, 4.69) is 38.5 Å². The molecule has 20 heavy (non-hydrogen) atoms. The third kappa shape index (κ3) is 4.06. The Morgan fingerprint density at radius 1 is 1.20 bits per heavy atom. The molecule has 104 valence electrons. The van der Waals surface area contributed by atoms with Crippen molar-refractivity contribution in [3.63, 3.8) is 0 Å². The number of rotatable bonds is 5. The third-order valence-corrected chi connectivity index (χ3v) is 3.21. The van der Waals surface area contributed by atoms with Crippen LogP contribution in [-0.2, 0) is 0 Å². The lowest BCUT2D eigenvalue weighted by molar-refractivity contribution is 0.102. The van der Waals surface area contributed by atoms with Gasteiger partial charge >= 0.3 is 0 Å². The molecule has 2 N–H and O–H groups in total. The maximum absolute atomic E-state index is 12.0. The number of amides is 1. The van der Waals surface area contributed by atoms with Crippen molar-refractivity contribution in [3.8, 4) is 0 Å². The third-order valence-electron chi connectivity index (χ3n) is 2.68. The van der Waals surface area contributed by atoms with Crippen molar-refractivity contribution < 1.29 is 4.79 Å². The molecule has 0 aliphatic carbocycles. The number of anilines is 2. The van der Waals surface area contributed by atoms with Crippen LogP contribution in [0.25, 0.3) is 0 Å². The number of carbonyl (C=O) groups is 1. The first kappa shape index (κ1) is 14.5. The van der Waals surface area contributed by atoms with Crippen LogP contribution in [0.15, 0.2) is 47.1 Å². The summed E-state index contributed by atoms with van der Waals surface area (Å²) in [6, 6.07) is 10.9. The maximum atomic E-state index is 12.0. The molecule has 2 aromatic rings. The van der Waals surface area contributed by atoms with E-state index in [4.69, 9.17) is 0 Å². The number of nitrogens with zero attached hydrogens (tertiary/aromatic N) is 1. The molecule has 0 saturated heterocycles. The van der Waals surface area contributed by atoms with Crippen molar-refractivity contribution in [1.82, 2.24) is 4.98 Å². The van der Waals surface area contributed by atoms with Gasteiger partial charge in [0.2, 0.25) is 0 Å². The van der Waals surface area contributed by atoms with Crippen LogP contribution in [0.1, 0.15) is 23.7 Å². The first-order chi connectivity index (χ1) is 9.69. The zero-order chi connectivity index (χ0) is 14.4. The second-order valence-electron chi connectivity index (χ2n) is 4.32. The topological polar surface area (TPSA) is 54.0 Å². The lowest BCUT2D eigenvalue weighted by Crippen LogP contribution is -2.12. The lowest BCUT2D eigenvalue weighted by atomic mass is 10.2. The van der Waals surface area contributed by atoms with Crippen molar-refractivity contribution in [2.75, 3.05) is 17.2 Å². The van der Waals surface area contributed by atoms with E-state index in [1.165, 1.54) is 0 Å². The highest BCUT2D eigenvalue weighted by Gasteiger charge is 2.05. The number of hydrogen-bond acceptors (Lipinski definition) is 3. The zero-order valence-corrected chi connectivity index (χ0v) is 12.8. The molecule has 4 nitrogen and oxygen atoms in total. The van der Waals surface area contributed by atoms with Gasteiger partial charge in [-0.15, -0.1) is 0 Å². The smallest absolute Gasteiger partial charge is 0.255 e. The van der Waals surface area contributed by atoms with Gasteiger partial charge in [0.1, 0.15) is 5.82 Å². The Labute approximate surface area is 126 Å². The summed E-state index contributed by atoms with van der Waals surface area (Å²) < 4.78 is 0.946. The quantitative estimate of drug-likeness (QED) is 0.871. The number of halogens is 1. The lowest BCUT2D eigenvalue weighted by Gasteiger charge is -2.07. The minimum atomic E-state index is -0.145. The van der Waals surface area contributed by atoms with Crippen molar-refractivity contribution in [3.05, 3.63) is 52.6 Å². The van der Waals surface area contributed by atoms with Gasteiger partial charge in [-0.1, -0.05) is 22.9 Å². The maximum Gasteiger partial charge on any atom is 0.255 e. The van der Waals surface area contributed by atoms with Crippen LogP contribution in [0.5, 0.6) is 0 Å². The van der Waals surface area contributed by atoms with Gasteiger partial charge in [-0.3, -0.25) is 4.79 Å². The summed E-state index contributed by atoms with van der Waals surface area (Å²) in [6.45, 7) is 2.98. The molecule has 1 amide bonds. The van der Waals surface area contributed by atoms with Crippen molar-refractivity contribution in [1.29, 1.82) is 0 Å². The molecule has 0 spiro atoms. The predicted molar refractivity (Wildman–Crippen MR) is 85.1 cm³/mol. The molecular weight excluding hydrogens is 318 g/mol. The van der Waals surface area contributed by atoms with E-state index in [0.717, 1.165) is 23.3 Å². The average Bonchev–Trinajstić information content (AvgIpc) is 2.47. The summed E-state index contributed by atoms with van der Waals surface area (Å²) in [4.78, 5) is 16.3. The molecule has 0 atom stereocenters. The fourth-order valence-electron chi connectivity index (χ4n) is 1.63. The van der Waals surface area contributed by atoms with E-state index < -0.39 is 0 Å². The Bertz CT molecular complexity index is 567. The first-order valence-electron chi connectivity index (χ1n) is 6.46. The summed E-state index contributed by atoms with van der Waals surface area (Å²) in [5.41, 5.74) is 1.29. The fourth-order valence-corrected chi connectivity index (χ4v) is 1.89. The van der Waals surface area contributed by atoms with Crippen LogP contribution in [-0.4, -0.2) is 17.4 Å². The summed E-state index contributed by atoms with van der Waals surface area (Å²) in [5.74, 6) is 0.669. The highest BCUT2D eigenvalue weighted by atomic mass is 79.9. The van der Waals surface area contributed by atoms with Crippen molar-refractivity contribution in [2.24, 2.45) is 0 Å². The second-order valence-corrected chi connectivity index (χ2v) is 5.24. The molecular formula is C15H16BrN3O. The van der Waals surface area contributed by atoms with Gasteiger partial charge in [-0.05, 0) is 42.8 Å². The summed E-state index contributed by atoms with van der Waals surface area (Å²) in [7, 11) is 0. The Morgan fingerprint density at radius 2 is 1.95 bits per heavy atom. The van der Waals surface area contributed by atoms with E-state index >= 15 is 0 Å². The molecule has 0 aliphatic heterocycles. The monoisotopic (exact) mass is 333 g/mol. The summed E-state index contributed by atoms with van der Waals surface area (Å²) in [5, 5.41) is 6.00. The molecule has 1 aromatic heterocycles. The Balaban J connectivity index is 1.99. The van der Waals surface area contributed by atoms with Gasteiger partial charge in [0, 0.05) is 16.6 Å². The van der Waals surface area contributed by atoms with E-state index in [-0.39, 0.29) is 5.91 Å². The largest absolute Gasteiger partial charge is 0.370 e. The van der Waals surface area contributed by atoms with E-state index in [1.807, 2.05) is 24.3 Å². The van der Waals surface area contributed by atoms with E-state index in [0.29, 0.717) is 11.3 Å². The molecule has 0 fully saturated rings. The molecule has 5 heteroatoms. The molecule has 0 aliphatic rings. The van der Waals surface area contributed by atoms with Crippen LogP contribution in [0.4, 0.5) is 11.5 Å². The molecule has 0 unspecified atom stereocenters. The molecule has 1 heterocycles. The number of pyridine rings is 1. The fraction of sp³-hybridized carbons (Fsp3) is 0.200. The highest BCUT2D eigenvalue weighted by Crippen LogP contribution is 2.14. The zero-order valence-electron chi connectivity index (χ0n) is 11.2. The molecule has 0 bridgehead atoms. The number of benzene rings is 1. The highest BCUT2D eigenvalue weighted by molar-refractivity contribution is 9.10. The minimum Gasteiger partial charge on any atom is -0.370 e. The second kappa shape index (κ2) is 7.05. The van der Waals surface area contributed by atoms with Gasteiger partial charge in [-0.25, -0.2) is 4.98 Å². The number of carbonyl (C=O) groups excluding carboxylic acids is 1. The van der Waals surface area contributed by atoms with Gasteiger partial charge in [0.25, 0.3) is 5.91 Å². The Kier molecular flexibility index (Phi) is 5.12. The van der Waals surface area contributed by atoms with Crippen LogP contribution in [0, 0.1) is 0 Å². The van der Waals surface area contributed by atoms with E-state index in [1.54, 1.807) is 18.3 Å². The van der Waals surface area contributed by atoms with Crippen LogP contribution in [0.2, 0.25) is 0 Å². The summed E-state index contributed by atoms with van der Waals surface area (Å²) in [6.07, 6.45) is 2.69. The first-order valence-corrected chi connectivity index (χ1v) is 7.25. The Hall–Kier alpha value is -1.88. The van der Waals surface area contributed by atoms with Gasteiger partial charge in [0.05, 0.1) is 11.9 Å². The van der Waals surface area contributed by atoms with Crippen LogP contribution in [0.3, 0.4) is 0 Å². The van der Waals surface area contributed by atoms with E-state index in [9.17, 15) is 4.79 Å². The normalized spacial score (nSPS) is 10.1.